The first-order valence-electron chi connectivity index (χ1n) is 7.41. The van der Waals surface area contributed by atoms with E-state index in [1.54, 1.807) is 6.20 Å². The Morgan fingerprint density at radius 3 is 2.71 bits per heavy atom. The van der Waals surface area contributed by atoms with Gasteiger partial charge in [0.1, 0.15) is 5.82 Å². The van der Waals surface area contributed by atoms with Crippen LogP contribution < -0.4 is 10.6 Å². The van der Waals surface area contributed by atoms with Gasteiger partial charge >= 0.3 is 0 Å². The summed E-state index contributed by atoms with van der Waals surface area (Å²) in [5.41, 5.74) is 9.58. The number of nitrogens with zero attached hydrogens (tertiary/aromatic N) is 3. The highest BCUT2D eigenvalue weighted by Crippen LogP contribution is 2.19. The van der Waals surface area contributed by atoms with E-state index in [-0.39, 0.29) is 6.04 Å². The van der Waals surface area contributed by atoms with E-state index < -0.39 is 0 Å². The summed E-state index contributed by atoms with van der Waals surface area (Å²) in [6.07, 6.45) is 7.50. The van der Waals surface area contributed by atoms with Crippen LogP contribution in [0, 0.1) is 6.92 Å². The highest BCUT2D eigenvalue weighted by atomic mass is 15.2. The summed E-state index contributed by atoms with van der Waals surface area (Å²) in [4.78, 5) is 10.9. The Morgan fingerprint density at radius 1 is 1.29 bits per heavy atom. The van der Waals surface area contributed by atoms with Crippen molar-refractivity contribution in [1.82, 2.24) is 9.97 Å². The minimum atomic E-state index is 0.213. The molecule has 1 atom stereocenters. The van der Waals surface area contributed by atoms with Gasteiger partial charge in [0, 0.05) is 38.2 Å². The third kappa shape index (κ3) is 4.26. The standard InChI is InChI=1S/C17H24N4/c1-4-16(18)9-15-8-13(2)17(20-11-15)21(3)12-14-6-5-7-19-10-14/h5-8,10-11,16H,4,9,12,18H2,1-3H3. The Morgan fingerprint density at radius 2 is 2.10 bits per heavy atom. The molecule has 0 fully saturated rings. The van der Waals surface area contributed by atoms with E-state index in [1.807, 2.05) is 18.5 Å². The maximum Gasteiger partial charge on any atom is 0.131 e. The molecule has 0 saturated heterocycles. The molecule has 0 aliphatic carbocycles. The second-order valence-corrected chi connectivity index (χ2v) is 5.57. The quantitative estimate of drug-likeness (QED) is 0.886. The summed E-state index contributed by atoms with van der Waals surface area (Å²) in [5, 5.41) is 0. The number of hydrogen-bond acceptors (Lipinski definition) is 4. The van der Waals surface area contributed by atoms with Crippen molar-refractivity contribution >= 4 is 5.82 Å². The maximum absolute atomic E-state index is 6.01. The van der Waals surface area contributed by atoms with Crippen LogP contribution in [0.15, 0.2) is 36.8 Å². The molecule has 2 aromatic heterocycles. The van der Waals surface area contributed by atoms with Gasteiger partial charge < -0.3 is 10.6 Å². The van der Waals surface area contributed by atoms with Gasteiger partial charge in [0.05, 0.1) is 0 Å². The number of anilines is 1. The van der Waals surface area contributed by atoms with Crippen molar-refractivity contribution in [3.8, 4) is 0 Å². The normalized spacial score (nSPS) is 12.2. The summed E-state index contributed by atoms with van der Waals surface area (Å²) in [7, 11) is 2.06. The van der Waals surface area contributed by atoms with Gasteiger partial charge in [0.2, 0.25) is 0 Å². The van der Waals surface area contributed by atoms with Crippen molar-refractivity contribution in [1.29, 1.82) is 0 Å². The van der Waals surface area contributed by atoms with E-state index in [1.165, 1.54) is 16.7 Å². The summed E-state index contributed by atoms with van der Waals surface area (Å²) in [6, 6.07) is 6.44. The lowest BCUT2D eigenvalue weighted by atomic mass is 10.0. The average molecular weight is 284 g/mol. The summed E-state index contributed by atoms with van der Waals surface area (Å²) >= 11 is 0. The maximum atomic E-state index is 6.01. The smallest absolute Gasteiger partial charge is 0.131 e. The Kier molecular flexibility index (Phi) is 5.28. The highest BCUT2D eigenvalue weighted by molar-refractivity contribution is 5.47. The van der Waals surface area contributed by atoms with Gasteiger partial charge in [-0.15, -0.1) is 0 Å². The highest BCUT2D eigenvalue weighted by Gasteiger charge is 2.09. The van der Waals surface area contributed by atoms with Crippen molar-refractivity contribution in [3.63, 3.8) is 0 Å². The molecule has 0 saturated carbocycles. The van der Waals surface area contributed by atoms with Crippen molar-refractivity contribution < 1.29 is 0 Å². The minimum Gasteiger partial charge on any atom is -0.355 e. The molecule has 21 heavy (non-hydrogen) atoms. The molecule has 2 N–H and O–H groups in total. The Balaban J connectivity index is 2.09. The summed E-state index contributed by atoms with van der Waals surface area (Å²) in [5.74, 6) is 1.01. The molecule has 0 radical (unpaired) electrons. The number of aryl methyl sites for hydroxylation is 1. The van der Waals surface area contributed by atoms with E-state index in [0.717, 1.165) is 25.2 Å². The Labute approximate surface area is 127 Å². The first-order chi connectivity index (χ1) is 10.1. The second kappa shape index (κ2) is 7.18. The third-order valence-corrected chi connectivity index (χ3v) is 3.63. The molecule has 0 aliphatic heterocycles. The predicted octanol–water partition coefficient (Wildman–Crippen LogP) is 2.70. The van der Waals surface area contributed by atoms with E-state index in [2.05, 4.69) is 47.9 Å². The fourth-order valence-electron chi connectivity index (χ4n) is 2.42. The van der Waals surface area contributed by atoms with Crippen LogP contribution in [0.2, 0.25) is 0 Å². The van der Waals surface area contributed by atoms with Gasteiger partial charge in [-0.25, -0.2) is 4.98 Å². The number of nitrogens with two attached hydrogens (primary N) is 1. The van der Waals surface area contributed by atoms with Gasteiger partial charge in [-0.05, 0) is 42.5 Å². The predicted molar refractivity (Wildman–Crippen MR) is 87.3 cm³/mol. The molecular formula is C17H24N4. The minimum absolute atomic E-state index is 0.213. The van der Waals surface area contributed by atoms with Crippen molar-refractivity contribution in [2.24, 2.45) is 5.73 Å². The number of hydrogen-bond donors (Lipinski definition) is 1. The van der Waals surface area contributed by atoms with Crippen molar-refractivity contribution in [3.05, 3.63) is 53.5 Å². The molecule has 4 heteroatoms. The van der Waals surface area contributed by atoms with Crippen LogP contribution in [0.1, 0.15) is 30.0 Å². The molecule has 0 amide bonds. The molecule has 112 valence electrons. The number of aromatic nitrogens is 2. The van der Waals surface area contributed by atoms with Crippen LogP contribution in [0.4, 0.5) is 5.82 Å². The van der Waals surface area contributed by atoms with Crippen LogP contribution in [0.5, 0.6) is 0 Å². The molecule has 0 spiro atoms. The van der Waals surface area contributed by atoms with Gasteiger partial charge in [0.15, 0.2) is 0 Å². The third-order valence-electron chi connectivity index (χ3n) is 3.63. The van der Waals surface area contributed by atoms with Gasteiger partial charge in [-0.1, -0.05) is 19.1 Å². The molecule has 2 aromatic rings. The molecule has 4 nitrogen and oxygen atoms in total. The first-order valence-corrected chi connectivity index (χ1v) is 7.41. The SMILES string of the molecule is CCC(N)Cc1cnc(N(C)Cc2cccnc2)c(C)c1. The molecule has 0 bridgehead atoms. The Bertz CT molecular complexity index is 568. The summed E-state index contributed by atoms with van der Waals surface area (Å²) in [6.45, 7) is 5.01. The lowest BCUT2D eigenvalue weighted by Crippen LogP contribution is -2.22. The topological polar surface area (TPSA) is 55.0 Å². The van der Waals surface area contributed by atoms with E-state index in [0.29, 0.717) is 0 Å². The van der Waals surface area contributed by atoms with Crippen LogP contribution >= 0.6 is 0 Å². The zero-order valence-corrected chi connectivity index (χ0v) is 13.1. The molecule has 0 aliphatic rings. The molecule has 2 heterocycles. The Hall–Kier alpha value is -1.94. The number of rotatable bonds is 6. The van der Waals surface area contributed by atoms with E-state index in [4.69, 9.17) is 5.73 Å². The van der Waals surface area contributed by atoms with Crippen LogP contribution in [-0.2, 0) is 13.0 Å². The van der Waals surface area contributed by atoms with Crippen LogP contribution in [0.3, 0.4) is 0 Å². The van der Waals surface area contributed by atoms with E-state index >= 15 is 0 Å². The zero-order valence-electron chi connectivity index (χ0n) is 13.1. The summed E-state index contributed by atoms with van der Waals surface area (Å²) < 4.78 is 0. The lowest BCUT2D eigenvalue weighted by molar-refractivity contribution is 0.644. The van der Waals surface area contributed by atoms with Crippen molar-refractivity contribution in [2.75, 3.05) is 11.9 Å². The average Bonchev–Trinajstić information content (AvgIpc) is 2.48. The monoisotopic (exact) mass is 284 g/mol. The molecule has 1 unspecified atom stereocenters. The fraction of sp³-hybridized carbons (Fsp3) is 0.412. The van der Waals surface area contributed by atoms with E-state index in [9.17, 15) is 0 Å². The van der Waals surface area contributed by atoms with Gasteiger partial charge in [-0.3, -0.25) is 4.98 Å². The zero-order chi connectivity index (χ0) is 15.2. The van der Waals surface area contributed by atoms with Gasteiger partial charge in [0.25, 0.3) is 0 Å². The largest absolute Gasteiger partial charge is 0.355 e. The fourth-order valence-corrected chi connectivity index (χ4v) is 2.42. The lowest BCUT2D eigenvalue weighted by Gasteiger charge is -2.21. The molecule has 2 rings (SSSR count). The second-order valence-electron chi connectivity index (χ2n) is 5.57. The van der Waals surface area contributed by atoms with Gasteiger partial charge in [-0.2, -0.15) is 0 Å². The van der Waals surface area contributed by atoms with Crippen LogP contribution in [-0.4, -0.2) is 23.1 Å². The first kappa shape index (κ1) is 15.4. The van der Waals surface area contributed by atoms with Crippen molar-refractivity contribution in [2.45, 2.75) is 39.3 Å². The van der Waals surface area contributed by atoms with Crippen LogP contribution in [0.25, 0.3) is 0 Å². The molecule has 0 aromatic carbocycles. The number of pyridine rings is 2. The molecular weight excluding hydrogens is 260 g/mol.